The second kappa shape index (κ2) is 9.37. The Bertz CT molecular complexity index is 279. The Morgan fingerprint density at radius 2 is 1.76 bits per heavy atom. The van der Waals surface area contributed by atoms with Crippen LogP contribution in [0, 0.1) is 0 Å². The summed E-state index contributed by atoms with van der Waals surface area (Å²) in [7, 11) is 0. The predicted molar refractivity (Wildman–Crippen MR) is 76.9 cm³/mol. The molecular weight excluding hydrogens is 230 g/mol. The monoisotopic (exact) mass is 253 g/mol. The van der Waals surface area contributed by atoms with Crippen LogP contribution in [0.5, 0.6) is 5.75 Å². The molecule has 96 valence electrons. The van der Waals surface area contributed by atoms with Crippen LogP contribution in [0.15, 0.2) is 30.3 Å². The van der Waals surface area contributed by atoms with Crippen LogP contribution in [-0.4, -0.2) is 18.4 Å². The van der Waals surface area contributed by atoms with Crippen molar-refractivity contribution in [3.63, 3.8) is 0 Å². The molecule has 0 aliphatic heterocycles. The highest BCUT2D eigenvalue weighted by Gasteiger charge is 1.98. The summed E-state index contributed by atoms with van der Waals surface area (Å²) in [5.41, 5.74) is 5.79. The molecule has 0 amide bonds. The molecule has 0 bridgehead atoms. The maximum Gasteiger partial charge on any atom is 0.119 e. The molecule has 0 aromatic heterocycles. The molecule has 1 rings (SSSR count). The fourth-order valence-corrected chi connectivity index (χ4v) is 1.84. The second-order valence-corrected chi connectivity index (χ2v) is 4.67. The lowest BCUT2D eigenvalue weighted by Gasteiger charge is -2.08. The molecule has 1 aromatic carbocycles. The van der Waals surface area contributed by atoms with Crippen molar-refractivity contribution < 1.29 is 4.74 Å². The lowest BCUT2D eigenvalue weighted by molar-refractivity contribution is 0.304. The fraction of sp³-hybridized carbons (Fsp3) is 0.571. The van der Waals surface area contributed by atoms with Crippen LogP contribution in [-0.2, 0) is 0 Å². The standard InChI is InChI=1S/C14H23NOS/c15-13(12-17)8-4-1-2-7-11-16-14-9-5-3-6-10-14/h3,5-6,9-10,13,17H,1-2,4,7-8,11-12,15H2/t13-/m1/s1. The molecule has 1 atom stereocenters. The fourth-order valence-electron chi connectivity index (χ4n) is 1.66. The number of ether oxygens (including phenoxy) is 1. The van der Waals surface area contributed by atoms with E-state index in [4.69, 9.17) is 10.5 Å². The van der Waals surface area contributed by atoms with Crippen LogP contribution in [0.2, 0.25) is 0 Å². The Kier molecular flexibility index (Phi) is 7.93. The van der Waals surface area contributed by atoms with Crippen LogP contribution in [0.25, 0.3) is 0 Å². The average Bonchev–Trinajstić information content (AvgIpc) is 2.38. The zero-order valence-electron chi connectivity index (χ0n) is 10.3. The van der Waals surface area contributed by atoms with Crippen molar-refractivity contribution in [3.8, 4) is 5.75 Å². The summed E-state index contributed by atoms with van der Waals surface area (Å²) in [4.78, 5) is 0. The van der Waals surface area contributed by atoms with E-state index in [0.29, 0.717) is 0 Å². The first-order chi connectivity index (χ1) is 8.33. The van der Waals surface area contributed by atoms with Crippen LogP contribution in [0.4, 0.5) is 0 Å². The van der Waals surface area contributed by atoms with Crippen molar-refractivity contribution in [1.82, 2.24) is 0 Å². The number of benzene rings is 1. The molecule has 2 nitrogen and oxygen atoms in total. The van der Waals surface area contributed by atoms with Crippen molar-refractivity contribution in [1.29, 1.82) is 0 Å². The van der Waals surface area contributed by atoms with Crippen LogP contribution >= 0.6 is 12.6 Å². The van der Waals surface area contributed by atoms with Gasteiger partial charge in [0.1, 0.15) is 5.75 Å². The molecule has 3 heteroatoms. The summed E-state index contributed by atoms with van der Waals surface area (Å²) in [6, 6.07) is 10.2. The van der Waals surface area contributed by atoms with Gasteiger partial charge in [-0.1, -0.05) is 37.5 Å². The summed E-state index contributed by atoms with van der Waals surface area (Å²) in [6.45, 7) is 0.808. The van der Waals surface area contributed by atoms with E-state index in [1.807, 2.05) is 30.3 Å². The molecule has 0 spiro atoms. The summed E-state index contributed by atoms with van der Waals surface area (Å²) < 4.78 is 5.62. The highest BCUT2D eigenvalue weighted by atomic mass is 32.1. The van der Waals surface area contributed by atoms with E-state index >= 15 is 0 Å². The van der Waals surface area contributed by atoms with Gasteiger partial charge >= 0.3 is 0 Å². The Hall–Kier alpha value is -0.670. The number of rotatable bonds is 9. The summed E-state index contributed by atoms with van der Waals surface area (Å²) in [5, 5.41) is 0. The normalized spacial score (nSPS) is 12.4. The molecule has 0 aliphatic carbocycles. The first-order valence-corrected chi connectivity index (χ1v) is 7.00. The second-order valence-electron chi connectivity index (χ2n) is 4.31. The molecule has 0 saturated carbocycles. The van der Waals surface area contributed by atoms with Crippen molar-refractivity contribution >= 4 is 12.6 Å². The highest BCUT2D eigenvalue weighted by molar-refractivity contribution is 7.80. The molecule has 17 heavy (non-hydrogen) atoms. The molecule has 0 radical (unpaired) electrons. The van der Waals surface area contributed by atoms with E-state index in [0.717, 1.165) is 31.0 Å². The minimum atomic E-state index is 0.263. The highest BCUT2D eigenvalue weighted by Crippen LogP contribution is 2.10. The predicted octanol–water partition coefficient (Wildman–Crippen LogP) is 3.27. The Morgan fingerprint density at radius 3 is 2.47 bits per heavy atom. The van der Waals surface area contributed by atoms with E-state index in [1.54, 1.807) is 0 Å². The Morgan fingerprint density at radius 1 is 1.06 bits per heavy atom. The maximum absolute atomic E-state index is 5.79. The van der Waals surface area contributed by atoms with Gasteiger partial charge in [0.05, 0.1) is 6.61 Å². The van der Waals surface area contributed by atoms with E-state index in [1.165, 1.54) is 19.3 Å². The molecule has 1 aromatic rings. The van der Waals surface area contributed by atoms with Crippen molar-refractivity contribution in [2.45, 2.75) is 38.1 Å². The van der Waals surface area contributed by atoms with Crippen LogP contribution in [0.1, 0.15) is 32.1 Å². The van der Waals surface area contributed by atoms with Crippen LogP contribution < -0.4 is 10.5 Å². The zero-order chi connectivity index (χ0) is 12.3. The SMILES string of the molecule is N[C@@H](CS)CCCCCCOc1ccccc1. The van der Waals surface area contributed by atoms with Gasteiger partial charge in [-0.05, 0) is 25.0 Å². The van der Waals surface area contributed by atoms with Gasteiger partial charge in [-0.2, -0.15) is 12.6 Å². The van der Waals surface area contributed by atoms with Gasteiger partial charge in [0.2, 0.25) is 0 Å². The van der Waals surface area contributed by atoms with Gasteiger partial charge in [0.15, 0.2) is 0 Å². The first-order valence-electron chi connectivity index (χ1n) is 6.37. The molecule has 0 aliphatic rings. The number of thiol groups is 1. The van der Waals surface area contributed by atoms with Gasteiger partial charge in [0, 0.05) is 11.8 Å². The maximum atomic E-state index is 5.79. The van der Waals surface area contributed by atoms with Crippen LogP contribution in [0.3, 0.4) is 0 Å². The largest absolute Gasteiger partial charge is 0.494 e. The third-order valence-electron chi connectivity index (χ3n) is 2.72. The lowest BCUT2D eigenvalue weighted by atomic mass is 10.1. The smallest absolute Gasteiger partial charge is 0.119 e. The number of nitrogens with two attached hydrogens (primary N) is 1. The van der Waals surface area contributed by atoms with Crippen molar-refractivity contribution in [2.24, 2.45) is 5.73 Å². The number of hydrogen-bond acceptors (Lipinski definition) is 3. The summed E-state index contributed by atoms with van der Waals surface area (Å²) in [5.74, 6) is 1.75. The number of para-hydroxylation sites is 1. The quantitative estimate of drug-likeness (QED) is 0.523. The molecule has 0 fully saturated rings. The number of unbranched alkanes of at least 4 members (excludes halogenated alkanes) is 3. The Labute approximate surface area is 110 Å². The van der Waals surface area contributed by atoms with E-state index in [9.17, 15) is 0 Å². The van der Waals surface area contributed by atoms with Gasteiger partial charge in [-0.15, -0.1) is 0 Å². The molecule has 0 unspecified atom stereocenters. The molecular formula is C14H23NOS. The van der Waals surface area contributed by atoms with Crippen molar-refractivity contribution in [2.75, 3.05) is 12.4 Å². The lowest BCUT2D eigenvalue weighted by Crippen LogP contribution is -2.21. The van der Waals surface area contributed by atoms with Gasteiger partial charge in [0.25, 0.3) is 0 Å². The van der Waals surface area contributed by atoms with E-state index in [2.05, 4.69) is 12.6 Å². The third-order valence-corrected chi connectivity index (χ3v) is 3.18. The van der Waals surface area contributed by atoms with Gasteiger partial charge < -0.3 is 10.5 Å². The van der Waals surface area contributed by atoms with Gasteiger partial charge in [-0.25, -0.2) is 0 Å². The molecule has 0 heterocycles. The van der Waals surface area contributed by atoms with Crippen molar-refractivity contribution in [3.05, 3.63) is 30.3 Å². The minimum absolute atomic E-state index is 0.263. The third kappa shape index (κ3) is 7.29. The minimum Gasteiger partial charge on any atom is -0.494 e. The summed E-state index contributed by atoms with van der Waals surface area (Å²) in [6.07, 6.45) is 5.85. The topological polar surface area (TPSA) is 35.2 Å². The zero-order valence-corrected chi connectivity index (χ0v) is 11.2. The first kappa shape index (κ1) is 14.4. The summed E-state index contributed by atoms with van der Waals surface area (Å²) >= 11 is 4.17. The van der Waals surface area contributed by atoms with E-state index in [-0.39, 0.29) is 6.04 Å². The molecule has 0 saturated heterocycles. The Balaban J connectivity index is 1.91. The number of hydrogen-bond donors (Lipinski definition) is 2. The van der Waals surface area contributed by atoms with Gasteiger partial charge in [-0.3, -0.25) is 0 Å². The molecule has 2 N–H and O–H groups in total. The average molecular weight is 253 g/mol. The van der Waals surface area contributed by atoms with E-state index < -0.39 is 0 Å².